The number of hydrogen-bond donors (Lipinski definition) is 0. The summed E-state index contributed by atoms with van der Waals surface area (Å²) in [6.45, 7) is 4.59. The van der Waals surface area contributed by atoms with Crippen molar-refractivity contribution in [2.75, 3.05) is 22.3 Å². The molecule has 0 N–H and O–H groups in total. The molecular formula is C26H27N3O3S2. The van der Waals surface area contributed by atoms with Gasteiger partial charge in [0.05, 0.1) is 16.3 Å². The zero-order valence-electron chi connectivity index (χ0n) is 18.9. The van der Waals surface area contributed by atoms with E-state index < -0.39 is 10.0 Å². The largest absolute Gasteiger partial charge is 0.280 e. The molecular weight excluding hydrogens is 466 g/mol. The maximum absolute atomic E-state index is 13.4. The zero-order valence-corrected chi connectivity index (χ0v) is 20.6. The van der Waals surface area contributed by atoms with E-state index in [0.29, 0.717) is 23.8 Å². The topological polar surface area (TPSA) is 70.6 Å². The van der Waals surface area contributed by atoms with E-state index in [-0.39, 0.29) is 10.8 Å². The van der Waals surface area contributed by atoms with E-state index in [2.05, 4.69) is 6.58 Å². The number of amides is 1. The molecule has 3 aromatic rings. The van der Waals surface area contributed by atoms with E-state index in [4.69, 9.17) is 4.98 Å². The molecule has 2 aromatic carbocycles. The first kappa shape index (κ1) is 22.8. The van der Waals surface area contributed by atoms with Gasteiger partial charge in [0.15, 0.2) is 5.13 Å². The van der Waals surface area contributed by atoms with Gasteiger partial charge in [0.2, 0.25) is 0 Å². The van der Waals surface area contributed by atoms with Gasteiger partial charge < -0.3 is 0 Å². The molecule has 0 radical (unpaired) electrons. The van der Waals surface area contributed by atoms with Crippen LogP contribution < -0.4 is 9.21 Å². The number of para-hydroxylation sites is 1. The number of carbonyl (C=O) groups excluding carboxylic acids is 1. The number of aromatic nitrogens is 1. The maximum atomic E-state index is 13.4. The first-order valence-corrected chi connectivity index (χ1v) is 13.9. The van der Waals surface area contributed by atoms with Crippen molar-refractivity contribution in [2.45, 2.75) is 43.4 Å². The molecule has 6 nitrogen and oxygen atoms in total. The molecule has 0 saturated heterocycles. The van der Waals surface area contributed by atoms with Gasteiger partial charge in [0.1, 0.15) is 0 Å². The van der Waals surface area contributed by atoms with Crippen LogP contribution in [-0.4, -0.2) is 32.4 Å². The minimum Gasteiger partial charge on any atom is -0.280 e. The summed E-state index contributed by atoms with van der Waals surface area (Å²) in [5.41, 5.74) is 3.29. The summed E-state index contributed by atoms with van der Waals surface area (Å²) < 4.78 is 28.3. The number of aryl methyl sites for hydroxylation is 3. The average Bonchev–Trinajstić information content (AvgIpc) is 3.30. The normalized spacial score (nSPS) is 15.4. The highest BCUT2D eigenvalue weighted by molar-refractivity contribution is 7.92. The van der Waals surface area contributed by atoms with Crippen LogP contribution in [0.4, 0.5) is 10.8 Å². The maximum Gasteiger partial charge on any atom is 0.264 e. The Morgan fingerprint density at radius 3 is 2.59 bits per heavy atom. The van der Waals surface area contributed by atoms with Crippen LogP contribution in [0.2, 0.25) is 0 Å². The predicted octanol–water partition coefficient (Wildman–Crippen LogP) is 5.00. The second kappa shape index (κ2) is 9.35. The Morgan fingerprint density at radius 1 is 1.06 bits per heavy atom. The van der Waals surface area contributed by atoms with Crippen LogP contribution in [0, 0.1) is 0 Å². The van der Waals surface area contributed by atoms with Crippen LogP contribution >= 0.6 is 11.3 Å². The number of sulfonamides is 1. The van der Waals surface area contributed by atoms with Crippen molar-refractivity contribution >= 4 is 38.1 Å². The van der Waals surface area contributed by atoms with Crippen LogP contribution in [0.25, 0.3) is 0 Å². The lowest BCUT2D eigenvalue weighted by atomic mass is 10.0. The molecule has 1 aromatic heterocycles. The van der Waals surface area contributed by atoms with Crippen LogP contribution in [0.1, 0.15) is 45.8 Å². The Labute approximate surface area is 204 Å². The Hall–Kier alpha value is -2.97. The fourth-order valence-electron chi connectivity index (χ4n) is 4.63. The Bertz CT molecular complexity index is 1310. The molecule has 1 amide bonds. The summed E-state index contributed by atoms with van der Waals surface area (Å²) in [7, 11) is -3.72. The molecule has 0 saturated carbocycles. The number of carbonyl (C=O) groups is 1. The Morgan fingerprint density at radius 2 is 1.82 bits per heavy atom. The molecule has 2 heterocycles. The standard InChI is InChI=1S/C26H27N3O3S2/c1-2-17-28(26-27-22-10-4-6-12-24(22)33-26)25(30)20-13-15-21(16-14-20)34(31,32)29-18-7-9-19-8-3-5-11-23(19)29/h2-3,5,8,11,13-16H,1,4,6-7,9-10,12,17-18H2. The summed E-state index contributed by atoms with van der Waals surface area (Å²) in [6.07, 6.45) is 7.58. The van der Waals surface area contributed by atoms with E-state index in [0.717, 1.165) is 55.5 Å². The smallest absolute Gasteiger partial charge is 0.264 e. The van der Waals surface area contributed by atoms with Gasteiger partial charge in [-0.25, -0.2) is 13.4 Å². The van der Waals surface area contributed by atoms with Gasteiger partial charge in [-0.3, -0.25) is 14.0 Å². The van der Waals surface area contributed by atoms with Crippen LogP contribution in [-0.2, 0) is 29.3 Å². The number of fused-ring (bicyclic) bond motifs is 2. The van der Waals surface area contributed by atoms with Gasteiger partial charge in [-0.05, 0) is 74.4 Å². The van der Waals surface area contributed by atoms with Crippen molar-refractivity contribution < 1.29 is 13.2 Å². The summed E-state index contributed by atoms with van der Waals surface area (Å²) in [4.78, 5) is 21.2. The van der Waals surface area contributed by atoms with Crippen molar-refractivity contribution in [2.24, 2.45) is 0 Å². The minimum absolute atomic E-state index is 0.181. The average molecular weight is 494 g/mol. The first-order valence-electron chi connectivity index (χ1n) is 11.6. The van der Waals surface area contributed by atoms with E-state index in [1.165, 1.54) is 21.3 Å². The summed E-state index contributed by atoms with van der Waals surface area (Å²) in [5.74, 6) is -0.210. The highest BCUT2D eigenvalue weighted by Crippen LogP contribution is 2.34. The molecule has 0 fully saturated rings. The fraction of sp³-hybridized carbons (Fsp3) is 0.308. The molecule has 0 bridgehead atoms. The molecule has 34 heavy (non-hydrogen) atoms. The molecule has 1 aliphatic heterocycles. The lowest BCUT2D eigenvalue weighted by molar-refractivity contribution is 0.0989. The lowest BCUT2D eigenvalue weighted by Gasteiger charge is -2.30. The van der Waals surface area contributed by atoms with E-state index in [1.807, 2.05) is 24.3 Å². The molecule has 2 aliphatic rings. The number of thiazole rings is 1. The van der Waals surface area contributed by atoms with Crippen LogP contribution in [0.15, 0.2) is 66.1 Å². The van der Waals surface area contributed by atoms with Crippen molar-refractivity contribution in [3.63, 3.8) is 0 Å². The third-order valence-electron chi connectivity index (χ3n) is 6.38. The molecule has 0 unspecified atom stereocenters. The van der Waals surface area contributed by atoms with Crippen molar-refractivity contribution in [1.29, 1.82) is 0 Å². The van der Waals surface area contributed by atoms with Crippen molar-refractivity contribution in [1.82, 2.24) is 4.98 Å². The monoisotopic (exact) mass is 493 g/mol. The second-order valence-electron chi connectivity index (χ2n) is 8.61. The SMILES string of the molecule is C=CCN(C(=O)c1ccc(S(=O)(=O)N2CCCc3ccccc32)cc1)c1nc2c(s1)CCCC2. The second-order valence-corrected chi connectivity index (χ2v) is 11.5. The van der Waals surface area contributed by atoms with E-state index in [1.54, 1.807) is 34.4 Å². The number of hydrogen-bond acceptors (Lipinski definition) is 5. The molecule has 0 atom stereocenters. The number of anilines is 2. The Kier molecular flexibility index (Phi) is 6.27. The molecule has 0 spiro atoms. The summed E-state index contributed by atoms with van der Waals surface area (Å²) in [5, 5.41) is 0.679. The highest BCUT2D eigenvalue weighted by Gasteiger charge is 2.29. The van der Waals surface area contributed by atoms with E-state index >= 15 is 0 Å². The van der Waals surface area contributed by atoms with Gasteiger partial charge in [0, 0.05) is 23.5 Å². The van der Waals surface area contributed by atoms with Gasteiger partial charge >= 0.3 is 0 Å². The van der Waals surface area contributed by atoms with Gasteiger partial charge in [-0.1, -0.05) is 24.3 Å². The summed E-state index contributed by atoms with van der Waals surface area (Å²) >= 11 is 1.57. The third-order valence-corrected chi connectivity index (χ3v) is 9.39. The highest BCUT2D eigenvalue weighted by atomic mass is 32.2. The first-order chi connectivity index (χ1) is 16.5. The molecule has 5 rings (SSSR count). The zero-order chi connectivity index (χ0) is 23.7. The lowest BCUT2D eigenvalue weighted by Crippen LogP contribution is -2.35. The fourth-order valence-corrected chi connectivity index (χ4v) is 7.33. The third kappa shape index (κ3) is 4.16. The number of nitrogens with zero attached hydrogens (tertiary/aromatic N) is 3. The van der Waals surface area contributed by atoms with Gasteiger partial charge in [0.25, 0.3) is 15.9 Å². The number of benzene rings is 2. The van der Waals surface area contributed by atoms with E-state index in [9.17, 15) is 13.2 Å². The van der Waals surface area contributed by atoms with Crippen LogP contribution in [0.5, 0.6) is 0 Å². The quantitative estimate of drug-likeness (QED) is 0.453. The van der Waals surface area contributed by atoms with Crippen molar-refractivity contribution in [3.05, 3.63) is 82.9 Å². The minimum atomic E-state index is -3.72. The molecule has 176 valence electrons. The van der Waals surface area contributed by atoms with Crippen LogP contribution in [0.3, 0.4) is 0 Å². The number of rotatable bonds is 6. The Balaban J connectivity index is 1.41. The summed E-state index contributed by atoms with van der Waals surface area (Å²) in [6, 6.07) is 13.9. The van der Waals surface area contributed by atoms with Gasteiger partial charge in [-0.15, -0.1) is 17.9 Å². The molecule has 1 aliphatic carbocycles. The van der Waals surface area contributed by atoms with Crippen molar-refractivity contribution in [3.8, 4) is 0 Å². The predicted molar refractivity (Wildman–Crippen MR) is 136 cm³/mol. The molecule has 8 heteroatoms. The van der Waals surface area contributed by atoms with Gasteiger partial charge in [-0.2, -0.15) is 0 Å².